The van der Waals surface area contributed by atoms with Crippen LogP contribution >= 0.6 is 0 Å². The van der Waals surface area contributed by atoms with Crippen molar-refractivity contribution >= 4 is 16.0 Å². The van der Waals surface area contributed by atoms with Crippen LogP contribution in [0.15, 0.2) is 12.3 Å². The van der Waals surface area contributed by atoms with E-state index in [-0.39, 0.29) is 5.75 Å². The van der Waals surface area contributed by atoms with E-state index in [9.17, 15) is 8.42 Å². The summed E-state index contributed by atoms with van der Waals surface area (Å²) < 4.78 is 24.1. The molecular formula is C9H16N4O2S. The van der Waals surface area contributed by atoms with E-state index in [1.54, 1.807) is 12.3 Å². The smallest absolute Gasteiger partial charge is 0.222 e. The lowest BCUT2D eigenvalue weighted by molar-refractivity contribution is 0.521. The molecule has 0 aliphatic rings. The minimum atomic E-state index is -3.16. The molecule has 1 N–H and O–H groups in total. The average Bonchev–Trinajstić information content (AvgIpc) is 2.17. The molecule has 0 fully saturated rings. The maximum Gasteiger partial charge on any atom is 0.222 e. The molecule has 1 heterocycles. The lowest BCUT2D eigenvalue weighted by Crippen LogP contribution is -2.28. The number of aromatic nitrogens is 2. The molecule has 90 valence electrons. The summed E-state index contributed by atoms with van der Waals surface area (Å²) in [5, 5.41) is 2.87. The second-order valence-electron chi connectivity index (χ2n) is 3.55. The van der Waals surface area contributed by atoms with Crippen molar-refractivity contribution in [3.63, 3.8) is 0 Å². The molecule has 0 bridgehead atoms. The Bertz CT molecular complexity index is 445. The third-order valence-corrected chi connectivity index (χ3v) is 3.83. The van der Waals surface area contributed by atoms with E-state index in [0.29, 0.717) is 12.5 Å². The van der Waals surface area contributed by atoms with Crippen molar-refractivity contribution in [3.05, 3.63) is 18.0 Å². The summed E-state index contributed by atoms with van der Waals surface area (Å²) in [6.45, 7) is 2.15. The van der Waals surface area contributed by atoms with E-state index in [1.165, 1.54) is 18.4 Å². The maximum atomic E-state index is 11.4. The normalized spacial score (nSPS) is 11.8. The molecule has 0 saturated carbocycles. The zero-order valence-electron chi connectivity index (χ0n) is 9.64. The standard InChI is InChI=1S/C9H16N4O2S/c1-8-4-5-10-9(12-8)11-6-7-16(14,15)13(2)3/h4-5H,6-7H2,1-3H3,(H,10,11,12). The summed E-state index contributed by atoms with van der Waals surface area (Å²) in [5.41, 5.74) is 0.841. The highest BCUT2D eigenvalue weighted by molar-refractivity contribution is 7.89. The van der Waals surface area contributed by atoms with Crippen molar-refractivity contribution in [2.45, 2.75) is 6.92 Å². The second kappa shape index (κ2) is 5.22. The Morgan fingerprint density at radius 2 is 2.12 bits per heavy atom. The summed E-state index contributed by atoms with van der Waals surface area (Å²) in [4.78, 5) is 8.08. The SMILES string of the molecule is Cc1ccnc(NCCS(=O)(=O)N(C)C)n1. The van der Waals surface area contributed by atoms with Crippen LogP contribution in [0, 0.1) is 6.92 Å². The van der Waals surface area contributed by atoms with Crippen LogP contribution < -0.4 is 5.32 Å². The molecule has 0 spiro atoms. The molecule has 0 aliphatic heterocycles. The molecule has 1 aromatic rings. The van der Waals surface area contributed by atoms with Gasteiger partial charge in [-0.2, -0.15) is 0 Å². The van der Waals surface area contributed by atoms with Crippen LogP contribution in [-0.4, -0.2) is 49.1 Å². The van der Waals surface area contributed by atoms with Gasteiger partial charge in [0.2, 0.25) is 16.0 Å². The predicted octanol–water partition coefficient (Wildman–Crippen LogP) is 0.0883. The number of sulfonamides is 1. The summed E-state index contributed by atoms with van der Waals surface area (Å²) in [6.07, 6.45) is 1.63. The van der Waals surface area contributed by atoms with Crippen molar-refractivity contribution in [3.8, 4) is 0 Å². The Hall–Kier alpha value is -1.21. The predicted molar refractivity (Wildman–Crippen MR) is 62.7 cm³/mol. The van der Waals surface area contributed by atoms with E-state index >= 15 is 0 Å². The minimum Gasteiger partial charge on any atom is -0.353 e. The third kappa shape index (κ3) is 3.74. The lowest BCUT2D eigenvalue weighted by Gasteiger charge is -2.11. The van der Waals surface area contributed by atoms with Crippen LogP contribution in [0.2, 0.25) is 0 Å². The number of hydrogen-bond donors (Lipinski definition) is 1. The van der Waals surface area contributed by atoms with E-state index < -0.39 is 10.0 Å². The lowest BCUT2D eigenvalue weighted by atomic mass is 10.5. The number of hydrogen-bond acceptors (Lipinski definition) is 5. The van der Waals surface area contributed by atoms with Gasteiger partial charge in [-0.15, -0.1) is 0 Å². The number of nitrogens with zero attached hydrogens (tertiary/aromatic N) is 3. The molecular weight excluding hydrogens is 228 g/mol. The van der Waals surface area contributed by atoms with Crippen molar-refractivity contribution in [2.24, 2.45) is 0 Å². The Labute approximate surface area is 95.8 Å². The molecule has 0 saturated heterocycles. The first kappa shape index (κ1) is 12.9. The fraction of sp³-hybridized carbons (Fsp3) is 0.556. The molecule has 0 radical (unpaired) electrons. The molecule has 1 aromatic heterocycles. The van der Waals surface area contributed by atoms with Gasteiger partial charge < -0.3 is 5.32 Å². The molecule has 7 heteroatoms. The highest BCUT2D eigenvalue weighted by Crippen LogP contribution is 1.99. The van der Waals surface area contributed by atoms with Gasteiger partial charge in [0.15, 0.2) is 0 Å². The summed E-state index contributed by atoms with van der Waals surface area (Å²) in [5.74, 6) is 0.478. The first-order valence-electron chi connectivity index (χ1n) is 4.85. The molecule has 0 amide bonds. The summed E-state index contributed by atoms with van der Waals surface area (Å²) in [6, 6.07) is 1.78. The van der Waals surface area contributed by atoms with Crippen LogP contribution in [0.5, 0.6) is 0 Å². The Morgan fingerprint density at radius 3 is 2.69 bits per heavy atom. The highest BCUT2D eigenvalue weighted by atomic mass is 32.2. The van der Waals surface area contributed by atoms with Gasteiger partial charge in [-0.25, -0.2) is 22.7 Å². The van der Waals surface area contributed by atoms with Gasteiger partial charge in [-0.05, 0) is 13.0 Å². The zero-order chi connectivity index (χ0) is 12.2. The van der Waals surface area contributed by atoms with E-state index in [4.69, 9.17) is 0 Å². The molecule has 0 aliphatic carbocycles. The van der Waals surface area contributed by atoms with E-state index in [0.717, 1.165) is 5.69 Å². The van der Waals surface area contributed by atoms with Gasteiger partial charge >= 0.3 is 0 Å². The van der Waals surface area contributed by atoms with Gasteiger partial charge in [-0.3, -0.25) is 0 Å². The van der Waals surface area contributed by atoms with Crippen molar-refractivity contribution in [1.29, 1.82) is 0 Å². The number of anilines is 1. The first-order valence-corrected chi connectivity index (χ1v) is 6.46. The van der Waals surface area contributed by atoms with Gasteiger partial charge in [0, 0.05) is 32.5 Å². The molecule has 1 rings (SSSR count). The monoisotopic (exact) mass is 244 g/mol. The average molecular weight is 244 g/mol. The second-order valence-corrected chi connectivity index (χ2v) is 5.85. The topological polar surface area (TPSA) is 75.2 Å². The van der Waals surface area contributed by atoms with Gasteiger partial charge in [0.25, 0.3) is 0 Å². The van der Waals surface area contributed by atoms with Crippen LogP contribution in [-0.2, 0) is 10.0 Å². The Morgan fingerprint density at radius 1 is 1.44 bits per heavy atom. The number of nitrogens with one attached hydrogen (secondary N) is 1. The van der Waals surface area contributed by atoms with Crippen molar-refractivity contribution < 1.29 is 8.42 Å². The fourth-order valence-electron chi connectivity index (χ4n) is 1.01. The van der Waals surface area contributed by atoms with Crippen LogP contribution in [0.1, 0.15) is 5.69 Å². The number of rotatable bonds is 5. The quantitative estimate of drug-likeness (QED) is 0.794. The summed E-state index contributed by atoms with van der Waals surface area (Å²) >= 11 is 0. The van der Waals surface area contributed by atoms with E-state index in [2.05, 4.69) is 15.3 Å². The van der Waals surface area contributed by atoms with E-state index in [1.807, 2.05) is 6.92 Å². The Kier molecular flexibility index (Phi) is 4.19. The molecule has 16 heavy (non-hydrogen) atoms. The van der Waals surface area contributed by atoms with Crippen LogP contribution in [0.25, 0.3) is 0 Å². The molecule has 0 unspecified atom stereocenters. The van der Waals surface area contributed by atoms with Crippen molar-refractivity contribution in [2.75, 3.05) is 31.7 Å². The first-order chi connectivity index (χ1) is 7.42. The molecule has 0 atom stereocenters. The molecule has 6 nitrogen and oxygen atoms in total. The van der Waals surface area contributed by atoms with Gasteiger partial charge in [0.1, 0.15) is 0 Å². The summed E-state index contributed by atoms with van der Waals surface area (Å²) in [7, 11) is -0.138. The van der Waals surface area contributed by atoms with Crippen molar-refractivity contribution in [1.82, 2.24) is 14.3 Å². The fourth-order valence-corrected chi connectivity index (χ4v) is 1.73. The van der Waals surface area contributed by atoms with Crippen LogP contribution in [0.4, 0.5) is 5.95 Å². The van der Waals surface area contributed by atoms with Gasteiger partial charge in [-0.1, -0.05) is 0 Å². The highest BCUT2D eigenvalue weighted by Gasteiger charge is 2.12. The minimum absolute atomic E-state index is 0.0251. The Balaban J connectivity index is 2.48. The van der Waals surface area contributed by atoms with Gasteiger partial charge in [0.05, 0.1) is 5.75 Å². The maximum absolute atomic E-state index is 11.4. The zero-order valence-corrected chi connectivity index (χ0v) is 10.5. The third-order valence-electron chi connectivity index (χ3n) is 1.99. The van der Waals surface area contributed by atoms with Crippen LogP contribution in [0.3, 0.4) is 0 Å². The largest absolute Gasteiger partial charge is 0.353 e. The molecule has 0 aromatic carbocycles. The number of aryl methyl sites for hydroxylation is 1.